The summed E-state index contributed by atoms with van der Waals surface area (Å²) in [5.41, 5.74) is 5.80. The van der Waals surface area contributed by atoms with Crippen LogP contribution in [0.3, 0.4) is 0 Å². The number of thioether (sulfide) groups is 1. The van der Waals surface area contributed by atoms with Gasteiger partial charge in [0.05, 0.1) is 18.0 Å². The smallest absolute Gasteiger partial charge is 0.238 e. The normalized spacial score (nSPS) is 10.1. The molecule has 0 unspecified atom stereocenters. The van der Waals surface area contributed by atoms with Crippen molar-refractivity contribution in [2.24, 2.45) is 5.73 Å². The largest absolute Gasteiger partial charge is 0.369 e. The van der Waals surface area contributed by atoms with Crippen LogP contribution in [0.1, 0.15) is 6.92 Å². The molecule has 0 aliphatic rings. The van der Waals surface area contributed by atoms with Gasteiger partial charge in [0.2, 0.25) is 11.8 Å². The van der Waals surface area contributed by atoms with Gasteiger partial charge in [-0.3, -0.25) is 9.59 Å². The van der Waals surface area contributed by atoms with E-state index in [0.29, 0.717) is 5.69 Å². The average Bonchev–Trinajstić information content (AvgIpc) is 2.35. The quantitative estimate of drug-likeness (QED) is 0.638. The van der Waals surface area contributed by atoms with Crippen LogP contribution in [-0.2, 0) is 9.59 Å². The maximum atomic E-state index is 11.6. The standard InChI is InChI=1S/C12H17N3O2S/c1-2-14-7-12(17)15-9-5-3-4-6-10(9)18-8-11(13)16/h3-6,14H,2,7-8H2,1H3,(H2,13,16)(H,15,17). The molecule has 0 aliphatic carbocycles. The Morgan fingerprint density at radius 1 is 1.33 bits per heavy atom. The number of hydrogen-bond donors (Lipinski definition) is 3. The maximum absolute atomic E-state index is 11.6. The molecule has 18 heavy (non-hydrogen) atoms. The fraction of sp³-hybridized carbons (Fsp3) is 0.333. The van der Waals surface area contributed by atoms with Gasteiger partial charge in [-0.2, -0.15) is 0 Å². The molecule has 1 aromatic carbocycles. The molecule has 0 radical (unpaired) electrons. The molecule has 0 aliphatic heterocycles. The minimum Gasteiger partial charge on any atom is -0.369 e. The number of para-hydroxylation sites is 1. The number of likely N-dealkylation sites (N-methyl/N-ethyl adjacent to an activating group) is 1. The van der Waals surface area contributed by atoms with Crippen LogP contribution in [0.2, 0.25) is 0 Å². The zero-order valence-corrected chi connectivity index (χ0v) is 11.0. The summed E-state index contributed by atoms with van der Waals surface area (Å²) >= 11 is 1.31. The fourth-order valence-electron chi connectivity index (χ4n) is 1.28. The Morgan fingerprint density at radius 2 is 2.06 bits per heavy atom. The Hall–Kier alpha value is -1.53. The molecule has 0 heterocycles. The van der Waals surface area contributed by atoms with Gasteiger partial charge in [-0.1, -0.05) is 19.1 Å². The van der Waals surface area contributed by atoms with Crippen LogP contribution >= 0.6 is 11.8 Å². The van der Waals surface area contributed by atoms with E-state index < -0.39 is 0 Å². The minimum absolute atomic E-state index is 0.107. The van der Waals surface area contributed by atoms with E-state index in [1.54, 1.807) is 6.07 Å². The van der Waals surface area contributed by atoms with Gasteiger partial charge in [0.15, 0.2) is 0 Å². The van der Waals surface area contributed by atoms with Gasteiger partial charge < -0.3 is 16.4 Å². The van der Waals surface area contributed by atoms with Crippen molar-refractivity contribution in [2.75, 3.05) is 24.2 Å². The number of rotatable bonds is 7. The Bertz CT molecular complexity index is 424. The molecular weight excluding hydrogens is 250 g/mol. The van der Waals surface area contributed by atoms with Crippen LogP contribution in [0.5, 0.6) is 0 Å². The Kier molecular flexibility index (Phi) is 6.24. The number of amides is 2. The molecule has 98 valence electrons. The Labute approximate surface area is 111 Å². The number of nitrogens with one attached hydrogen (secondary N) is 2. The molecule has 1 rings (SSSR count). The molecule has 4 N–H and O–H groups in total. The van der Waals surface area contributed by atoms with Crippen molar-refractivity contribution in [2.45, 2.75) is 11.8 Å². The van der Waals surface area contributed by atoms with Gasteiger partial charge >= 0.3 is 0 Å². The molecule has 0 atom stereocenters. The first-order valence-corrected chi connectivity index (χ1v) is 6.62. The average molecular weight is 267 g/mol. The number of carbonyl (C=O) groups excluding carboxylic acids is 2. The highest BCUT2D eigenvalue weighted by Gasteiger charge is 2.07. The summed E-state index contributed by atoms with van der Waals surface area (Å²) in [4.78, 5) is 23.2. The van der Waals surface area contributed by atoms with Gasteiger partial charge in [-0.15, -0.1) is 11.8 Å². The molecule has 0 saturated heterocycles. The number of primary amides is 1. The SMILES string of the molecule is CCNCC(=O)Nc1ccccc1SCC(N)=O. The van der Waals surface area contributed by atoms with E-state index in [-0.39, 0.29) is 24.1 Å². The third-order valence-electron chi connectivity index (χ3n) is 2.07. The summed E-state index contributed by atoms with van der Waals surface area (Å²) < 4.78 is 0. The summed E-state index contributed by atoms with van der Waals surface area (Å²) in [6.07, 6.45) is 0. The van der Waals surface area contributed by atoms with E-state index in [1.165, 1.54) is 11.8 Å². The summed E-state index contributed by atoms with van der Waals surface area (Å²) in [6.45, 7) is 2.95. The lowest BCUT2D eigenvalue weighted by Gasteiger charge is -2.10. The van der Waals surface area contributed by atoms with E-state index in [4.69, 9.17) is 5.73 Å². The molecule has 6 heteroatoms. The molecule has 0 fully saturated rings. The van der Waals surface area contributed by atoms with Gasteiger partial charge in [0, 0.05) is 4.90 Å². The molecule has 1 aromatic rings. The summed E-state index contributed by atoms with van der Waals surface area (Å²) in [6, 6.07) is 7.32. The first-order valence-electron chi connectivity index (χ1n) is 5.64. The zero-order valence-electron chi connectivity index (χ0n) is 10.2. The second-order valence-corrected chi connectivity index (χ2v) is 4.60. The summed E-state index contributed by atoms with van der Waals surface area (Å²) in [5.74, 6) is -0.294. The maximum Gasteiger partial charge on any atom is 0.238 e. The van der Waals surface area contributed by atoms with Gasteiger partial charge in [0.1, 0.15) is 0 Å². The van der Waals surface area contributed by atoms with Crippen molar-refractivity contribution in [1.29, 1.82) is 0 Å². The first kappa shape index (κ1) is 14.5. The van der Waals surface area contributed by atoms with Crippen molar-refractivity contribution in [1.82, 2.24) is 5.32 Å². The van der Waals surface area contributed by atoms with E-state index >= 15 is 0 Å². The van der Waals surface area contributed by atoms with Gasteiger partial charge in [-0.05, 0) is 18.7 Å². The number of carbonyl (C=O) groups is 2. The van der Waals surface area contributed by atoms with Crippen LogP contribution in [-0.4, -0.2) is 30.7 Å². The molecule has 5 nitrogen and oxygen atoms in total. The Morgan fingerprint density at radius 3 is 2.72 bits per heavy atom. The fourth-order valence-corrected chi connectivity index (χ4v) is 2.02. The van der Waals surface area contributed by atoms with Crippen molar-refractivity contribution >= 4 is 29.3 Å². The van der Waals surface area contributed by atoms with Gasteiger partial charge in [-0.25, -0.2) is 0 Å². The Balaban J connectivity index is 2.63. The predicted molar refractivity (Wildman–Crippen MR) is 73.5 cm³/mol. The van der Waals surface area contributed by atoms with Crippen LogP contribution in [0.15, 0.2) is 29.2 Å². The van der Waals surface area contributed by atoms with Crippen molar-refractivity contribution in [3.8, 4) is 0 Å². The highest BCUT2D eigenvalue weighted by atomic mass is 32.2. The molecule has 2 amide bonds. The number of benzene rings is 1. The van der Waals surface area contributed by atoms with Crippen LogP contribution in [0, 0.1) is 0 Å². The third-order valence-corrected chi connectivity index (χ3v) is 3.16. The zero-order chi connectivity index (χ0) is 13.4. The van der Waals surface area contributed by atoms with Crippen LogP contribution in [0.4, 0.5) is 5.69 Å². The van der Waals surface area contributed by atoms with E-state index in [2.05, 4.69) is 10.6 Å². The lowest BCUT2D eigenvalue weighted by molar-refractivity contribution is -0.116. The number of nitrogens with two attached hydrogens (primary N) is 1. The highest BCUT2D eigenvalue weighted by Crippen LogP contribution is 2.26. The van der Waals surface area contributed by atoms with E-state index in [0.717, 1.165) is 11.4 Å². The molecule has 0 aromatic heterocycles. The molecule has 0 bridgehead atoms. The lowest BCUT2D eigenvalue weighted by atomic mass is 10.3. The molecule has 0 saturated carbocycles. The number of hydrogen-bond acceptors (Lipinski definition) is 4. The lowest BCUT2D eigenvalue weighted by Crippen LogP contribution is -2.27. The number of anilines is 1. The second kappa shape index (κ2) is 7.73. The monoisotopic (exact) mass is 267 g/mol. The first-order chi connectivity index (χ1) is 8.63. The van der Waals surface area contributed by atoms with Crippen LogP contribution < -0.4 is 16.4 Å². The highest BCUT2D eigenvalue weighted by molar-refractivity contribution is 8.00. The summed E-state index contributed by atoms with van der Waals surface area (Å²) in [7, 11) is 0. The summed E-state index contributed by atoms with van der Waals surface area (Å²) in [5, 5.41) is 5.74. The van der Waals surface area contributed by atoms with E-state index in [1.807, 2.05) is 25.1 Å². The van der Waals surface area contributed by atoms with Crippen molar-refractivity contribution in [3.05, 3.63) is 24.3 Å². The molecular formula is C12H17N3O2S. The van der Waals surface area contributed by atoms with Crippen molar-refractivity contribution < 1.29 is 9.59 Å². The van der Waals surface area contributed by atoms with E-state index in [9.17, 15) is 9.59 Å². The minimum atomic E-state index is -0.381. The van der Waals surface area contributed by atoms with Crippen molar-refractivity contribution in [3.63, 3.8) is 0 Å². The van der Waals surface area contributed by atoms with Crippen LogP contribution in [0.25, 0.3) is 0 Å². The second-order valence-electron chi connectivity index (χ2n) is 3.58. The third kappa shape index (κ3) is 5.20. The topological polar surface area (TPSA) is 84.2 Å². The van der Waals surface area contributed by atoms with Gasteiger partial charge in [0.25, 0.3) is 0 Å². The predicted octanol–water partition coefficient (Wildman–Crippen LogP) is 0.812. The molecule has 0 spiro atoms.